The number of carbonyl (C=O) groups excluding carboxylic acids is 14. The Balaban J connectivity index is 2.51. The molecule has 0 spiro atoms. The second-order valence-corrected chi connectivity index (χ2v) is 31.5. The molecule has 37 nitrogen and oxygen atoms in total. The zero-order valence-electron chi connectivity index (χ0n) is 69.9. The fourth-order valence-electron chi connectivity index (χ4n) is 13.3. The number of thiol groups is 2. The third kappa shape index (κ3) is 33.7. The minimum Gasteiger partial charge on any atom is -0.370 e. The van der Waals surface area contributed by atoms with Crippen molar-refractivity contribution in [2.75, 3.05) is 50.8 Å². The second kappa shape index (κ2) is 53.8. The number of likely N-dealkylation sites (tertiary alicyclic amines) is 2. The highest BCUT2D eigenvalue weighted by Gasteiger charge is 2.44. The highest BCUT2D eigenvalue weighted by molar-refractivity contribution is 7.80. The van der Waals surface area contributed by atoms with Crippen LogP contribution in [0.25, 0.3) is 0 Å². The number of nitrogens with zero attached hydrogens (tertiary/aromatic N) is 4. The largest absolute Gasteiger partial charge is 0.370 e. The summed E-state index contributed by atoms with van der Waals surface area (Å²) in [5.41, 5.74) is 46.1. The highest BCUT2D eigenvalue weighted by atomic mass is 32.1. The van der Waals surface area contributed by atoms with E-state index in [1.54, 1.807) is 48.5 Å². The van der Waals surface area contributed by atoms with Crippen LogP contribution in [-0.4, -0.2) is 240 Å². The van der Waals surface area contributed by atoms with Crippen molar-refractivity contribution < 1.29 is 67.1 Å². The van der Waals surface area contributed by atoms with Gasteiger partial charge in [0.2, 0.25) is 82.7 Å². The molecule has 2 aliphatic rings. The van der Waals surface area contributed by atoms with E-state index >= 15 is 0 Å². The number of amides is 14. The van der Waals surface area contributed by atoms with Crippen molar-refractivity contribution in [3.8, 4) is 0 Å². The Morgan fingerprint density at radius 2 is 0.635 bits per heavy atom. The third-order valence-corrected chi connectivity index (χ3v) is 22.9. The maximum Gasteiger partial charge on any atom is 0.245 e. The van der Waals surface area contributed by atoms with Crippen LogP contribution in [0.5, 0.6) is 0 Å². The summed E-state index contributed by atoms with van der Waals surface area (Å²) in [7, 11) is 0. The van der Waals surface area contributed by atoms with Gasteiger partial charge in [-0.25, -0.2) is 0 Å². The lowest BCUT2D eigenvalue weighted by Gasteiger charge is -2.33. The number of carbonyl (C=O) groups is 14. The Bertz CT molecular complexity index is 3230. The Morgan fingerprint density at radius 1 is 0.357 bits per heavy atom. The van der Waals surface area contributed by atoms with Crippen LogP contribution in [-0.2, 0) is 67.1 Å². The van der Waals surface area contributed by atoms with Gasteiger partial charge in [-0.15, -0.1) is 0 Å². The van der Waals surface area contributed by atoms with Gasteiger partial charge in [-0.05, 0) is 138 Å². The normalized spacial score (nSPS) is 18.7. The van der Waals surface area contributed by atoms with E-state index in [2.05, 4.69) is 93.7 Å². The Morgan fingerprint density at radius 3 is 0.948 bits per heavy atom. The Hall–Kier alpha value is -8.30. The molecule has 0 saturated carbocycles. The predicted molar refractivity (Wildman–Crippen MR) is 448 cm³/mol. The Labute approximate surface area is 690 Å². The smallest absolute Gasteiger partial charge is 0.245 e. The van der Waals surface area contributed by atoms with Crippen LogP contribution in [0.2, 0.25) is 0 Å². The van der Waals surface area contributed by atoms with Gasteiger partial charge in [-0.1, -0.05) is 122 Å². The zero-order chi connectivity index (χ0) is 86.9. The number of nitrogens with two attached hydrogens (primary N) is 8. The number of hydrogen-bond donors (Lipinski definition) is 21. The van der Waals surface area contributed by atoms with E-state index in [0.717, 1.165) is 0 Å². The molecule has 39 heteroatoms. The molecule has 0 unspecified atom stereocenters. The maximum absolute atomic E-state index is 15.0. The van der Waals surface area contributed by atoms with Gasteiger partial charge in [0, 0.05) is 37.7 Å². The van der Waals surface area contributed by atoms with E-state index in [-0.39, 0.29) is 132 Å². The molecule has 27 N–H and O–H groups in total. The van der Waals surface area contributed by atoms with E-state index in [1.165, 1.54) is 9.80 Å². The lowest BCUT2D eigenvalue weighted by atomic mass is 9.94. The van der Waals surface area contributed by atoms with Crippen LogP contribution < -0.4 is 104 Å². The second-order valence-electron chi connectivity index (χ2n) is 30.8. The van der Waals surface area contributed by atoms with Crippen molar-refractivity contribution in [3.05, 3.63) is 0 Å². The first kappa shape index (κ1) is 103. The number of unbranched alkanes of at least 4 members (excludes halogenated alkanes) is 2. The molecule has 2 saturated heterocycles. The highest BCUT2D eigenvalue weighted by Crippen LogP contribution is 2.25. The van der Waals surface area contributed by atoms with E-state index in [9.17, 15) is 67.1 Å². The zero-order valence-corrected chi connectivity index (χ0v) is 71.7. The van der Waals surface area contributed by atoms with Crippen LogP contribution in [0.3, 0.4) is 0 Å². The van der Waals surface area contributed by atoms with E-state index in [1.807, 2.05) is 34.6 Å². The fraction of sp³-hybridized carbons (Fsp3) is 0.789. The number of nitrogens with one attached hydrogen (secondary N) is 11. The minimum absolute atomic E-state index is 0.0242. The van der Waals surface area contributed by atoms with Crippen LogP contribution in [0.15, 0.2) is 9.98 Å². The number of aliphatic imine (C=N–C) groups is 2. The summed E-state index contributed by atoms with van der Waals surface area (Å²) in [6, 6.07) is -17.0. The third-order valence-electron chi connectivity index (χ3n) is 22.1. The average molecular weight is 1670 g/mol. The van der Waals surface area contributed by atoms with Gasteiger partial charge in [-0.2, -0.15) is 25.3 Å². The van der Waals surface area contributed by atoms with Gasteiger partial charge in [-0.3, -0.25) is 77.1 Å². The lowest BCUT2D eigenvalue weighted by Crippen LogP contribution is -2.62. The summed E-state index contributed by atoms with van der Waals surface area (Å²) in [6.07, 6.45) is 5.79. The lowest BCUT2D eigenvalue weighted by molar-refractivity contribution is -0.143. The molecule has 0 aromatic carbocycles. The molecule has 2 fully saturated rings. The molecule has 0 aliphatic carbocycles. The van der Waals surface area contributed by atoms with E-state index in [4.69, 9.17) is 45.9 Å². The van der Waals surface area contributed by atoms with Gasteiger partial charge in [0.15, 0.2) is 11.9 Å². The van der Waals surface area contributed by atoms with Crippen molar-refractivity contribution in [3.63, 3.8) is 0 Å². The van der Waals surface area contributed by atoms with Crippen molar-refractivity contribution >= 4 is 120 Å². The molecule has 14 amide bonds. The SMILES string of the molecule is CC[C@H](C)[C@H](N)C(=O)N[C@H](C(=O)N[C@@H](CS)C(=O)N[C@@H](CCCN=C(N)N)C(=O)N[C@@H](CCCCN)C(=O)N1CCC[C@H]1C(=O)N[C@H](C(=O)N[C@H](C(=O)N[C@@H](CS)C(=O)N[C@@H](CCCN=C(N)N)C(=O)N[C@@H](CCCCN)C(=O)N1CCC[C@H]1C(=O)N[C@H](C(=O)N[C@H](C(N)=O)[C@@H](C)CC)[C@@H](C)CC)[C@@H](C)CC)[C@@H](C)CC)[C@@H](C)CC. The molecule has 0 aromatic rings. The molecule has 2 rings (SSSR count). The molecule has 2 aliphatic heterocycles. The first-order chi connectivity index (χ1) is 54.4. The molecule has 0 radical (unpaired) electrons. The van der Waals surface area contributed by atoms with Crippen LogP contribution in [0.4, 0.5) is 0 Å². The van der Waals surface area contributed by atoms with Gasteiger partial charge in [0.05, 0.1) is 6.04 Å². The van der Waals surface area contributed by atoms with Crippen LogP contribution in [0.1, 0.15) is 212 Å². The number of guanidine groups is 2. The quantitative estimate of drug-likeness (QED) is 0.0131. The summed E-state index contributed by atoms with van der Waals surface area (Å²) in [6.45, 7) is 22.3. The van der Waals surface area contributed by atoms with Crippen LogP contribution in [0, 0.1) is 35.5 Å². The van der Waals surface area contributed by atoms with Crippen molar-refractivity contribution in [1.82, 2.24) is 68.3 Å². The van der Waals surface area contributed by atoms with Crippen molar-refractivity contribution in [2.45, 2.75) is 296 Å². The standard InChI is InChI=1S/C76H141N23O14S2/c1-13-41(7)55(79)68(107)96-57(43(9)15-3)69(108)91-51(39-114)64(103)87-47(29-23-35-85-75(81)82)62(101)90-50(28-20-22-34-78)74(113)99-38-26-32-54(99)67(106)95-60(46(12)18-6)72(111)97-58(44(10)16-4)70(109)92-52(40-115)65(104)88-48(30-24-36-86-76(83)84)63(102)89-49(27-19-21-33-77)73(112)98-37-25-31-53(98)66(105)94-59(45(11)17-5)71(110)93-56(61(80)100)42(8)14-2/h41-60,114-115H,13-40,77-79H2,1-12H3,(H2,80,100)(H,87,103)(H,88,104)(H,89,102)(H,90,101)(H,91,108)(H,92,109)(H,93,110)(H,94,105)(H,95,106)(H,96,107)(H,97,111)(H4,81,82,85)(H4,83,84,86)/t41-,42-,43-,44-,45-,46-,47-,48-,49-,50-,51-,52-,53-,54-,55-,56-,57-,58-,59-,60-/m0/s1. The van der Waals surface area contributed by atoms with Crippen molar-refractivity contribution in [2.24, 2.45) is 91.4 Å². The molecule has 656 valence electrons. The van der Waals surface area contributed by atoms with Gasteiger partial charge in [0.1, 0.15) is 78.5 Å². The van der Waals surface area contributed by atoms with Gasteiger partial charge in [0.25, 0.3) is 0 Å². The molecule has 115 heavy (non-hydrogen) atoms. The predicted octanol–water partition coefficient (Wildman–Crippen LogP) is -2.38. The number of primary amides is 1. The molecule has 20 atom stereocenters. The monoisotopic (exact) mass is 1660 g/mol. The molecular weight excluding hydrogens is 1520 g/mol. The van der Waals surface area contributed by atoms with E-state index < -0.39 is 185 Å². The molecule has 0 bridgehead atoms. The first-order valence-electron chi connectivity index (χ1n) is 41.1. The van der Waals surface area contributed by atoms with Gasteiger partial charge >= 0.3 is 0 Å². The summed E-state index contributed by atoms with van der Waals surface area (Å²) in [4.78, 5) is 210. The average Bonchev–Trinajstić information content (AvgIpc) is 1.67. The molecule has 0 aromatic heterocycles. The van der Waals surface area contributed by atoms with Crippen molar-refractivity contribution in [1.29, 1.82) is 0 Å². The van der Waals surface area contributed by atoms with Gasteiger partial charge < -0.3 is 114 Å². The van der Waals surface area contributed by atoms with Crippen LogP contribution >= 0.6 is 25.3 Å². The molecular formula is C76H141N23O14S2. The first-order valence-corrected chi connectivity index (χ1v) is 42.4. The minimum atomic E-state index is -1.45. The summed E-state index contributed by atoms with van der Waals surface area (Å²) < 4.78 is 0. The molecule has 2 heterocycles. The summed E-state index contributed by atoms with van der Waals surface area (Å²) in [5.74, 6) is -13.5. The topological polar surface area (TPSA) is 611 Å². The Kier molecular flexibility index (Phi) is 48.1. The summed E-state index contributed by atoms with van der Waals surface area (Å²) >= 11 is 8.79. The number of rotatable bonds is 55. The number of hydrogen-bond acceptors (Lipinski definition) is 21. The fourth-order valence-corrected chi connectivity index (χ4v) is 13.9. The maximum atomic E-state index is 15.0. The van der Waals surface area contributed by atoms with E-state index in [0.29, 0.717) is 77.0 Å². The summed E-state index contributed by atoms with van der Waals surface area (Å²) in [5, 5.41) is 30.4.